The SMILES string of the molecule is CCn1cnc2c(Nc3cccc([N+](=O)[O-])c3)nc(NCCN)nc21.Cl. The summed E-state index contributed by atoms with van der Waals surface area (Å²) in [6.07, 6.45) is 1.69. The van der Waals surface area contributed by atoms with Gasteiger partial charge >= 0.3 is 0 Å². The molecule has 10 nitrogen and oxygen atoms in total. The van der Waals surface area contributed by atoms with E-state index in [4.69, 9.17) is 5.73 Å². The molecular weight excluding hydrogens is 360 g/mol. The summed E-state index contributed by atoms with van der Waals surface area (Å²) in [5.41, 5.74) is 7.32. The van der Waals surface area contributed by atoms with Crippen molar-refractivity contribution in [2.45, 2.75) is 13.5 Å². The second-order valence-corrected chi connectivity index (χ2v) is 5.25. The minimum absolute atomic E-state index is 0. The van der Waals surface area contributed by atoms with Gasteiger partial charge in [0.2, 0.25) is 5.95 Å². The molecule has 0 bridgehead atoms. The molecule has 0 aliphatic carbocycles. The van der Waals surface area contributed by atoms with E-state index in [1.807, 2.05) is 11.5 Å². The normalized spacial score (nSPS) is 10.4. The number of imidazole rings is 1. The number of hydrogen-bond acceptors (Lipinski definition) is 8. The van der Waals surface area contributed by atoms with Crippen molar-refractivity contribution in [1.29, 1.82) is 0 Å². The van der Waals surface area contributed by atoms with Crippen molar-refractivity contribution in [1.82, 2.24) is 19.5 Å². The lowest BCUT2D eigenvalue weighted by Crippen LogP contribution is -2.15. The fourth-order valence-electron chi connectivity index (χ4n) is 2.36. The number of nitro groups is 1. The Morgan fingerprint density at radius 2 is 2.15 bits per heavy atom. The summed E-state index contributed by atoms with van der Waals surface area (Å²) in [5.74, 6) is 0.887. The topological polar surface area (TPSA) is 137 Å². The summed E-state index contributed by atoms with van der Waals surface area (Å²) in [6.45, 7) is 3.67. The molecule has 11 heteroatoms. The molecule has 2 heterocycles. The van der Waals surface area contributed by atoms with Crippen molar-refractivity contribution in [2.75, 3.05) is 23.7 Å². The molecule has 26 heavy (non-hydrogen) atoms. The van der Waals surface area contributed by atoms with Crippen LogP contribution >= 0.6 is 12.4 Å². The van der Waals surface area contributed by atoms with Crippen LogP contribution in [0.1, 0.15) is 6.92 Å². The molecule has 0 fully saturated rings. The van der Waals surface area contributed by atoms with Gasteiger partial charge in [-0.2, -0.15) is 9.97 Å². The van der Waals surface area contributed by atoms with Crippen LogP contribution in [0, 0.1) is 10.1 Å². The summed E-state index contributed by atoms with van der Waals surface area (Å²) in [7, 11) is 0. The van der Waals surface area contributed by atoms with E-state index in [0.717, 1.165) is 0 Å². The van der Waals surface area contributed by atoms with Gasteiger partial charge < -0.3 is 20.9 Å². The molecule has 3 aromatic rings. The lowest BCUT2D eigenvalue weighted by Gasteiger charge is -2.10. The summed E-state index contributed by atoms with van der Waals surface area (Å²) in [5, 5.41) is 17.1. The third-order valence-corrected chi connectivity index (χ3v) is 3.55. The third kappa shape index (κ3) is 3.98. The molecule has 0 radical (unpaired) electrons. The average Bonchev–Trinajstić information content (AvgIpc) is 3.03. The molecule has 0 amide bonds. The third-order valence-electron chi connectivity index (χ3n) is 3.55. The van der Waals surface area contributed by atoms with E-state index in [0.29, 0.717) is 48.3 Å². The van der Waals surface area contributed by atoms with Gasteiger partial charge in [-0.3, -0.25) is 10.1 Å². The largest absolute Gasteiger partial charge is 0.353 e. The van der Waals surface area contributed by atoms with Gasteiger partial charge in [-0.1, -0.05) is 6.07 Å². The van der Waals surface area contributed by atoms with Gasteiger partial charge in [0, 0.05) is 37.5 Å². The standard InChI is InChI=1S/C15H18N8O2.ClH/c1-2-22-9-18-12-13(20-15(17-7-6-16)21-14(12)22)19-10-4-3-5-11(8-10)23(24)25;/h3-5,8-9H,2,6-7,16H2,1H3,(H2,17,19,20,21);1H. The highest BCUT2D eigenvalue weighted by molar-refractivity contribution is 5.86. The number of aryl methyl sites for hydroxylation is 1. The first-order valence-corrected chi connectivity index (χ1v) is 7.80. The molecule has 0 spiro atoms. The van der Waals surface area contributed by atoms with E-state index in [1.165, 1.54) is 12.1 Å². The lowest BCUT2D eigenvalue weighted by atomic mass is 10.3. The fraction of sp³-hybridized carbons (Fsp3) is 0.267. The Kier molecular flexibility index (Phi) is 6.26. The van der Waals surface area contributed by atoms with Crippen molar-refractivity contribution in [2.24, 2.45) is 5.73 Å². The van der Waals surface area contributed by atoms with Crippen LogP contribution in [0.15, 0.2) is 30.6 Å². The number of halogens is 1. The maximum atomic E-state index is 10.9. The number of hydrogen-bond donors (Lipinski definition) is 3. The van der Waals surface area contributed by atoms with Crippen LogP contribution in [-0.2, 0) is 6.54 Å². The predicted octanol–water partition coefficient (Wildman–Crippen LogP) is 2.29. The van der Waals surface area contributed by atoms with E-state index < -0.39 is 4.92 Å². The number of aromatic nitrogens is 4. The molecule has 2 aromatic heterocycles. The highest BCUT2D eigenvalue weighted by Gasteiger charge is 2.14. The first-order valence-electron chi connectivity index (χ1n) is 7.80. The van der Waals surface area contributed by atoms with Crippen LogP contribution in [0.2, 0.25) is 0 Å². The fourth-order valence-corrected chi connectivity index (χ4v) is 2.36. The minimum Gasteiger partial charge on any atom is -0.353 e. The number of non-ortho nitro benzene ring substituents is 1. The predicted molar refractivity (Wildman–Crippen MR) is 102 cm³/mol. The van der Waals surface area contributed by atoms with Gasteiger partial charge in [0.15, 0.2) is 17.0 Å². The molecule has 0 atom stereocenters. The Balaban J connectivity index is 0.00000243. The summed E-state index contributed by atoms with van der Waals surface area (Å²) < 4.78 is 1.89. The molecular formula is C15H19ClN8O2. The van der Waals surface area contributed by atoms with Crippen LogP contribution in [0.5, 0.6) is 0 Å². The summed E-state index contributed by atoms with van der Waals surface area (Å²) >= 11 is 0. The zero-order chi connectivity index (χ0) is 17.8. The number of fused-ring (bicyclic) bond motifs is 1. The zero-order valence-electron chi connectivity index (χ0n) is 14.0. The number of nitrogens with zero attached hydrogens (tertiary/aromatic N) is 5. The van der Waals surface area contributed by atoms with Crippen molar-refractivity contribution < 1.29 is 4.92 Å². The van der Waals surface area contributed by atoms with Crippen LogP contribution < -0.4 is 16.4 Å². The Hall–Kier alpha value is -2.98. The number of benzene rings is 1. The lowest BCUT2D eigenvalue weighted by molar-refractivity contribution is -0.384. The first-order chi connectivity index (χ1) is 12.1. The molecule has 0 saturated carbocycles. The van der Waals surface area contributed by atoms with Crippen molar-refractivity contribution in [3.05, 3.63) is 40.7 Å². The molecule has 0 saturated heterocycles. The molecule has 1 aromatic carbocycles. The monoisotopic (exact) mass is 378 g/mol. The molecule has 138 valence electrons. The van der Waals surface area contributed by atoms with Gasteiger partial charge in [-0.15, -0.1) is 12.4 Å². The molecule has 0 aliphatic rings. The maximum Gasteiger partial charge on any atom is 0.271 e. The summed E-state index contributed by atoms with van der Waals surface area (Å²) in [4.78, 5) is 23.7. The number of anilines is 3. The van der Waals surface area contributed by atoms with Gasteiger partial charge in [-0.05, 0) is 13.0 Å². The van der Waals surface area contributed by atoms with Crippen LogP contribution in [0.3, 0.4) is 0 Å². The highest BCUT2D eigenvalue weighted by atomic mass is 35.5. The second-order valence-electron chi connectivity index (χ2n) is 5.25. The molecule has 4 N–H and O–H groups in total. The van der Waals surface area contributed by atoms with E-state index in [1.54, 1.807) is 18.5 Å². The van der Waals surface area contributed by atoms with Gasteiger partial charge in [0.05, 0.1) is 11.3 Å². The zero-order valence-corrected chi connectivity index (χ0v) is 14.9. The molecule has 3 rings (SSSR count). The Bertz CT molecular complexity index is 914. The van der Waals surface area contributed by atoms with Crippen LogP contribution in [-0.4, -0.2) is 37.5 Å². The number of nitrogens with two attached hydrogens (primary N) is 1. The van der Waals surface area contributed by atoms with E-state index in [9.17, 15) is 10.1 Å². The smallest absolute Gasteiger partial charge is 0.271 e. The van der Waals surface area contributed by atoms with Gasteiger partial charge in [-0.25, -0.2) is 4.98 Å². The van der Waals surface area contributed by atoms with Crippen molar-refractivity contribution >= 4 is 46.7 Å². The minimum atomic E-state index is -0.444. The second kappa shape index (κ2) is 8.41. The molecule has 0 unspecified atom stereocenters. The maximum absolute atomic E-state index is 10.9. The Morgan fingerprint density at radius 3 is 2.85 bits per heavy atom. The van der Waals surface area contributed by atoms with Crippen molar-refractivity contribution in [3.63, 3.8) is 0 Å². The summed E-state index contributed by atoms with van der Waals surface area (Å²) in [6, 6.07) is 6.21. The van der Waals surface area contributed by atoms with E-state index in [-0.39, 0.29) is 18.1 Å². The molecule has 0 aliphatic heterocycles. The first kappa shape index (κ1) is 19.3. The number of nitro benzene ring substituents is 1. The van der Waals surface area contributed by atoms with Gasteiger partial charge in [0.1, 0.15) is 0 Å². The van der Waals surface area contributed by atoms with Gasteiger partial charge in [0.25, 0.3) is 5.69 Å². The number of nitrogens with one attached hydrogen (secondary N) is 2. The van der Waals surface area contributed by atoms with E-state index >= 15 is 0 Å². The number of rotatable bonds is 7. The van der Waals surface area contributed by atoms with Crippen LogP contribution in [0.4, 0.5) is 23.1 Å². The van der Waals surface area contributed by atoms with E-state index in [2.05, 4.69) is 25.6 Å². The highest BCUT2D eigenvalue weighted by Crippen LogP contribution is 2.26. The quantitative estimate of drug-likeness (QED) is 0.420. The average molecular weight is 379 g/mol. The van der Waals surface area contributed by atoms with Crippen LogP contribution in [0.25, 0.3) is 11.2 Å². The van der Waals surface area contributed by atoms with Crippen molar-refractivity contribution in [3.8, 4) is 0 Å². The Labute approximate surface area is 155 Å². The Morgan fingerprint density at radius 1 is 1.35 bits per heavy atom.